The first-order valence-corrected chi connectivity index (χ1v) is 14.7. The number of likely N-dealkylation sites (tertiary alicyclic amines) is 1. The number of amides is 4. The Hall–Kier alpha value is -4.15. The molecule has 3 N–H and O–H groups in total. The standard InChI is InChI=1S/C30H40N8O3/c1-3-21-19-36(2)16-7-5-4-6-15-31-29(40)27-26(34-28(39)25-10-8-9-24(21)33-25)20-38(35-27)23-13-17-37(18-14-23)30(41)32-22-11-12-22/h3,8-10,19-20,22-23H,1,4-7,11-18H2,2H3,(H,31,40)(H,32,41)(H,34,39)/b21-19+. The number of hydrogen-bond donors (Lipinski definition) is 3. The SMILES string of the molecule is C=C/C1=C\N(C)CCCCCCNC(=O)c2nn(C3CCN(C(=O)NC4CC4)CC3)cc2NC(=O)c2cccc1n2. The maximum absolute atomic E-state index is 13.3. The van der Waals surface area contributed by atoms with Crippen LogP contribution in [-0.2, 0) is 0 Å². The summed E-state index contributed by atoms with van der Waals surface area (Å²) in [5, 5.41) is 13.5. The third-order valence-electron chi connectivity index (χ3n) is 7.81. The molecular formula is C30H40N8O3. The quantitative estimate of drug-likeness (QED) is 0.525. The highest BCUT2D eigenvalue weighted by Gasteiger charge is 2.30. The second kappa shape index (κ2) is 13.0. The van der Waals surface area contributed by atoms with E-state index in [1.165, 1.54) is 0 Å². The summed E-state index contributed by atoms with van der Waals surface area (Å²) in [6.07, 6.45) is 12.9. The molecule has 11 nitrogen and oxygen atoms in total. The molecule has 2 aromatic rings. The Balaban J connectivity index is 1.37. The van der Waals surface area contributed by atoms with E-state index in [2.05, 4.69) is 37.5 Å². The molecule has 41 heavy (non-hydrogen) atoms. The van der Waals surface area contributed by atoms with Gasteiger partial charge < -0.3 is 25.8 Å². The van der Waals surface area contributed by atoms with E-state index in [0.29, 0.717) is 49.9 Å². The number of nitrogens with zero attached hydrogens (tertiary/aromatic N) is 5. The van der Waals surface area contributed by atoms with Crippen molar-refractivity contribution in [1.82, 2.24) is 35.2 Å². The normalized spacial score (nSPS) is 21.0. The minimum atomic E-state index is -0.426. The molecule has 5 rings (SSSR count). The summed E-state index contributed by atoms with van der Waals surface area (Å²) in [5.41, 5.74) is 2.22. The molecule has 3 aliphatic rings. The van der Waals surface area contributed by atoms with Gasteiger partial charge in [0, 0.05) is 57.2 Å². The Morgan fingerprint density at radius 3 is 2.54 bits per heavy atom. The van der Waals surface area contributed by atoms with Gasteiger partial charge in [-0.1, -0.05) is 31.6 Å². The summed E-state index contributed by atoms with van der Waals surface area (Å²) in [7, 11) is 2.02. The Morgan fingerprint density at radius 2 is 1.78 bits per heavy atom. The summed E-state index contributed by atoms with van der Waals surface area (Å²) >= 11 is 0. The smallest absolute Gasteiger partial charge is 0.317 e. The van der Waals surface area contributed by atoms with E-state index < -0.39 is 5.91 Å². The molecule has 2 fully saturated rings. The summed E-state index contributed by atoms with van der Waals surface area (Å²) in [6.45, 7) is 6.58. The largest absolute Gasteiger partial charge is 0.380 e. The van der Waals surface area contributed by atoms with Crippen molar-refractivity contribution < 1.29 is 14.4 Å². The number of hydrogen-bond acceptors (Lipinski definition) is 6. The number of carbonyl (C=O) groups is 3. The minimum Gasteiger partial charge on any atom is -0.380 e. The summed E-state index contributed by atoms with van der Waals surface area (Å²) in [6, 6.07) is 5.61. The van der Waals surface area contributed by atoms with Crippen molar-refractivity contribution in [2.45, 2.75) is 63.5 Å². The van der Waals surface area contributed by atoms with Gasteiger partial charge in [-0.25, -0.2) is 9.78 Å². The van der Waals surface area contributed by atoms with Gasteiger partial charge in [-0.3, -0.25) is 14.3 Å². The lowest BCUT2D eigenvalue weighted by molar-refractivity contribution is 0.0947. The third-order valence-corrected chi connectivity index (χ3v) is 7.81. The Morgan fingerprint density at radius 1 is 1.02 bits per heavy atom. The van der Waals surface area contributed by atoms with Crippen molar-refractivity contribution in [3.63, 3.8) is 0 Å². The highest BCUT2D eigenvalue weighted by molar-refractivity contribution is 6.07. The molecule has 2 bridgehead atoms. The van der Waals surface area contributed by atoms with Crippen molar-refractivity contribution in [3.05, 3.63) is 60.3 Å². The number of rotatable bonds is 3. The maximum atomic E-state index is 13.3. The molecule has 1 aliphatic carbocycles. The lowest BCUT2D eigenvalue weighted by atomic mass is 10.1. The van der Waals surface area contributed by atoms with Crippen molar-refractivity contribution in [2.75, 3.05) is 38.5 Å². The fourth-order valence-corrected chi connectivity index (χ4v) is 5.22. The van der Waals surface area contributed by atoms with Crippen LogP contribution in [0.25, 0.3) is 5.57 Å². The van der Waals surface area contributed by atoms with Crippen LogP contribution in [0.4, 0.5) is 10.5 Å². The van der Waals surface area contributed by atoms with E-state index in [9.17, 15) is 14.4 Å². The van der Waals surface area contributed by atoms with Crippen LogP contribution in [0, 0.1) is 0 Å². The van der Waals surface area contributed by atoms with Gasteiger partial charge in [0.25, 0.3) is 11.8 Å². The van der Waals surface area contributed by atoms with Gasteiger partial charge in [0.05, 0.1) is 17.4 Å². The van der Waals surface area contributed by atoms with Crippen molar-refractivity contribution in [2.24, 2.45) is 0 Å². The molecule has 4 amide bonds. The fraction of sp³-hybridized carbons (Fsp3) is 0.500. The second-order valence-corrected chi connectivity index (χ2v) is 11.1. The molecule has 1 saturated carbocycles. The molecule has 2 aliphatic heterocycles. The third kappa shape index (κ3) is 7.33. The monoisotopic (exact) mass is 560 g/mol. The van der Waals surface area contributed by atoms with Crippen LogP contribution in [0.1, 0.15) is 84.1 Å². The number of piperidine rings is 1. The molecule has 11 heteroatoms. The van der Waals surface area contributed by atoms with E-state index in [1.807, 2.05) is 24.2 Å². The summed E-state index contributed by atoms with van der Waals surface area (Å²) in [5.74, 6) is -0.746. The van der Waals surface area contributed by atoms with Crippen molar-refractivity contribution >= 4 is 29.1 Å². The number of aromatic nitrogens is 3. The van der Waals surface area contributed by atoms with Crippen LogP contribution in [0.2, 0.25) is 0 Å². The number of anilines is 1. The maximum Gasteiger partial charge on any atom is 0.317 e. The van der Waals surface area contributed by atoms with Gasteiger partial charge in [-0.15, -0.1) is 0 Å². The predicted molar refractivity (Wildman–Crippen MR) is 157 cm³/mol. The molecule has 0 unspecified atom stereocenters. The van der Waals surface area contributed by atoms with Gasteiger partial charge in [0.15, 0.2) is 5.69 Å². The molecule has 0 spiro atoms. The zero-order chi connectivity index (χ0) is 28.8. The molecular weight excluding hydrogens is 520 g/mol. The van der Waals surface area contributed by atoms with Crippen LogP contribution in [0.15, 0.2) is 43.3 Å². The number of urea groups is 1. The minimum absolute atomic E-state index is 0.00867. The van der Waals surface area contributed by atoms with Crippen LogP contribution < -0.4 is 16.0 Å². The molecule has 4 heterocycles. The van der Waals surface area contributed by atoms with Crippen LogP contribution in [-0.4, -0.2) is 81.7 Å². The highest BCUT2D eigenvalue weighted by Crippen LogP contribution is 2.27. The van der Waals surface area contributed by atoms with Crippen LogP contribution in [0.3, 0.4) is 0 Å². The summed E-state index contributed by atoms with van der Waals surface area (Å²) in [4.78, 5) is 47.6. The first kappa shape index (κ1) is 28.4. The Labute approximate surface area is 241 Å². The first-order chi connectivity index (χ1) is 19.9. The molecule has 0 radical (unpaired) electrons. The van der Waals surface area contributed by atoms with Gasteiger partial charge in [0.2, 0.25) is 0 Å². The predicted octanol–water partition coefficient (Wildman–Crippen LogP) is 3.80. The van der Waals surface area contributed by atoms with Gasteiger partial charge >= 0.3 is 6.03 Å². The molecule has 0 atom stereocenters. The Kier molecular flexibility index (Phi) is 9.01. The lowest BCUT2D eigenvalue weighted by Gasteiger charge is -2.32. The van der Waals surface area contributed by atoms with Gasteiger partial charge in [-0.05, 0) is 50.7 Å². The Bertz CT molecular complexity index is 1310. The highest BCUT2D eigenvalue weighted by atomic mass is 16.2. The van der Waals surface area contributed by atoms with Gasteiger partial charge in [0.1, 0.15) is 5.69 Å². The number of pyridine rings is 1. The first-order valence-electron chi connectivity index (χ1n) is 14.7. The number of carbonyl (C=O) groups excluding carboxylic acids is 3. The zero-order valence-corrected chi connectivity index (χ0v) is 23.8. The average molecular weight is 561 g/mol. The van der Waals surface area contributed by atoms with Crippen LogP contribution in [0.5, 0.6) is 0 Å². The lowest BCUT2D eigenvalue weighted by Crippen LogP contribution is -2.45. The van der Waals surface area contributed by atoms with E-state index in [1.54, 1.807) is 29.1 Å². The number of fused-ring (bicyclic) bond motifs is 3. The van der Waals surface area contributed by atoms with E-state index in [4.69, 9.17) is 0 Å². The fourth-order valence-electron chi connectivity index (χ4n) is 5.22. The average Bonchev–Trinajstić information content (AvgIpc) is 3.70. The number of nitrogens with one attached hydrogen (secondary N) is 3. The molecule has 1 saturated heterocycles. The van der Waals surface area contributed by atoms with Gasteiger partial charge in [-0.2, -0.15) is 5.10 Å². The summed E-state index contributed by atoms with van der Waals surface area (Å²) < 4.78 is 1.77. The topological polar surface area (TPSA) is 124 Å². The molecule has 0 aromatic carbocycles. The van der Waals surface area contributed by atoms with Crippen molar-refractivity contribution in [1.29, 1.82) is 0 Å². The van der Waals surface area contributed by atoms with E-state index in [-0.39, 0.29) is 29.4 Å². The molecule has 218 valence electrons. The molecule has 2 aromatic heterocycles. The van der Waals surface area contributed by atoms with Crippen molar-refractivity contribution in [3.8, 4) is 0 Å². The van der Waals surface area contributed by atoms with E-state index >= 15 is 0 Å². The van der Waals surface area contributed by atoms with E-state index in [0.717, 1.165) is 50.6 Å². The zero-order valence-electron chi connectivity index (χ0n) is 23.8. The number of allylic oxidation sites excluding steroid dienone is 2. The second-order valence-electron chi connectivity index (χ2n) is 11.1. The van der Waals surface area contributed by atoms with Crippen LogP contribution >= 0.6 is 0 Å².